The molecule has 0 unspecified atom stereocenters. The lowest BCUT2D eigenvalue weighted by molar-refractivity contribution is 0.688. The molecule has 0 fully saturated rings. The number of rotatable bonds is 4. The molecule has 1 atom stereocenters. The van der Waals surface area contributed by atoms with Gasteiger partial charge in [-0.3, -0.25) is 0 Å². The molecule has 0 saturated carbocycles. The molecule has 0 radical (unpaired) electrons. The second-order valence-electron chi connectivity index (χ2n) is 8.57. The first-order valence-corrected chi connectivity index (χ1v) is 13.4. The highest BCUT2D eigenvalue weighted by Crippen LogP contribution is 2.38. The molecular weight excluding hydrogens is 600 g/mol. The van der Waals surface area contributed by atoms with Gasteiger partial charge in [-0.2, -0.15) is 5.10 Å². The van der Waals surface area contributed by atoms with Gasteiger partial charge in [0.05, 0.1) is 23.0 Å². The molecule has 7 heteroatoms. The molecule has 0 aliphatic carbocycles. The van der Waals surface area contributed by atoms with Crippen molar-refractivity contribution in [1.29, 1.82) is 0 Å². The van der Waals surface area contributed by atoms with Gasteiger partial charge in [-0.25, -0.2) is 15.0 Å². The molecule has 6 rings (SSSR count). The van der Waals surface area contributed by atoms with Crippen LogP contribution in [-0.2, 0) is 0 Å². The van der Waals surface area contributed by atoms with E-state index in [2.05, 4.69) is 68.3 Å². The van der Waals surface area contributed by atoms with Gasteiger partial charge in [-0.1, -0.05) is 98.1 Å². The number of halogens is 3. The lowest BCUT2D eigenvalue weighted by Crippen LogP contribution is -2.21. The SMILES string of the molecule is Clc1ccc(-c2nc(N3N=C(c4cccc(Br)c4)C[C@H]3c3cccc(Br)c3)nc3ccccc23)cc1. The van der Waals surface area contributed by atoms with Crippen molar-refractivity contribution in [2.45, 2.75) is 12.5 Å². The first-order chi connectivity index (χ1) is 17.5. The van der Waals surface area contributed by atoms with Gasteiger partial charge in [-0.05, 0) is 53.6 Å². The molecule has 1 aromatic heterocycles. The van der Waals surface area contributed by atoms with Gasteiger partial charge >= 0.3 is 0 Å². The van der Waals surface area contributed by atoms with E-state index < -0.39 is 0 Å². The molecule has 36 heavy (non-hydrogen) atoms. The molecule has 0 bridgehead atoms. The van der Waals surface area contributed by atoms with Crippen molar-refractivity contribution in [2.75, 3.05) is 5.01 Å². The third-order valence-electron chi connectivity index (χ3n) is 6.22. The molecule has 0 amide bonds. The van der Waals surface area contributed by atoms with Gasteiger partial charge in [-0.15, -0.1) is 0 Å². The van der Waals surface area contributed by atoms with E-state index in [-0.39, 0.29) is 6.04 Å². The van der Waals surface area contributed by atoms with Crippen molar-refractivity contribution in [3.63, 3.8) is 0 Å². The van der Waals surface area contributed by atoms with E-state index in [4.69, 9.17) is 26.7 Å². The summed E-state index contributed by atoms with van der Waals surface area (Å²) in [5, 5.41) is 8.72. The highest BCUT2D eigenvalue weighted by atomic mass is 79.9. The summed E-state index contributed by atoms with van der Waals surface area (Å²) in [6.45, 7) is 0. The Morgan fingerprint density at radius 3 is 2.28 bits per heavy atom. The summed E-state index contributed by atoms with van der Waals surface area (Å²) >= 11 is 13.4. The second kappa shape index (κ2) is 9.77. The van der Waals surface area contributed by atoms with Crippen molar-refractivity contribution in [3.05, 3.63) is 122 Å². The van der Waals surface area contributed by atoms with E-state index in [1.54, 1.807) is 0 Å². The fourth-order valence-electron chi connectivity index (χ4n) is 4.51. The number of hydrogen-bond donors (Lipinski definition) is 0. The highest BCUT2D eigenvalue weighted by molar-refractivity contribution is 9.10. The van der Waals surface area contributed by atoms with Crippen molar-refractivity contribution < 1.29 is 0 Å². The van der Waals surface area contributed by atoms with Crippen LogP contribution in [0.5, 0.6) is 0 Å². The van der Waals surface area contributed by atoms with Crippen LogP contribution in [0.2, 0.25) is 5.02 Å². The van der Waals surface area contributed by atoms with Gasteiger partial charge in [0.25, 0.3) is 0 Å². The first kappa shape index (κ1) is 23.3. The number of aromatic nitrogens is 2. The van der Waals surface area contributed by atoms with Crippen LogP contribution in [0.4, 0.5) is 5.95 Å². The van der Waals surface area contributed by atoms with E-state index in [0.29, 0.717) is 11.0 Å². The van der Waals surface area contributed by atoms with E-state index in [0.717, 1.165) is 54.4 Å². The fourth-order valence-corrected chi connectivity index (χ4v) is 5.45. The molecule has 5 aromatic rings. The molecule has 1 aliphatic rings. The lowest BCUT2D eigenvalue weighted by Gasteiger charge is -2.23. The van der Waals surface area contributed by atoms with E-state index in [1.165, 1.54) is 0 Å². The number of fused-ring (bicyclic) bond motifs is 1. The standard InChI is InChI=1S/C29H19Br2ClN4/c30-21-7-3-5-19(15-21)26-17-27(20-6-4-8-22(31)16-20)36(35-26)29-33-25-10-2-1-9-24(25)28(34-29)18-11-13-23(32)14-12-18/h1-16,27H,17H2/t27-/m0/s1. The number of nitrogens with zero attached hydrogens (tertiary/aromatic N) is 4. The summed E-state index contributed by atoms with van der Waals surface area (Å²) in [5.74, 6) is 0.564. The zero-order valence-corrected chi connectivity index (χ0v) is 22.9. The van der Waals surface area contributed by atoms with Gasteiger partial charge in [0.15, 0.2) is 0 Å². The number of para-hydroxylation sites is 1. The third kappa shape index (κ3) is 4.57. The molecule has 0 N–H and O–H groups in total. The number of hydrazone groups is 1. The Morgan fingerprint density at radius 2 is 1.50 bits per heavy atom. The van der Waals surface area contributed by atoms with Crippen molar-refractivity contribution in [1.82, 2.24) is 9.97 Å². The monoisotopic (exact) mass is 616 g/mol. The molecular formula is C29H19Br2ClN4. The minimum Gasteiger partial charge on any atom is -0.223 e. The summed E-state index contributed by atoms with van der Waals surface area (Å²) < 4.78 is 2.05. The number of anilines is 1. The number of benzene rings is 4. The van der Waals surface area contributed by atoms with Crippen LogP contribution in [0, 0.1) is 0 Å². The van der Waals surface area contributed by atoms with Crippen LogP contribution in [0.15, 0.2) is 111 Å². The first-order valence-electron chi connectivity index (χ1n) is 11.5. The van der Waals surface area contributed by atoms with Gasteiger partial charge in [0.1, 0.15) is 0 Å². The van der Waals surface area contributed by atoms with Crippen LogP contribution in [0.3, 0.4) is 0 Å². The predicted molar refractivity (Wildman–Crippen MR) is 155 cm³/mol. The Hall–Kier alpha value is -3.06. The van der Waals surface area contributed by atoms with E-state index >= 15 is 0 Å². The molecule has 1 aliphatic heterocycles. The Kier molecular flexibility index (Phi) is 6.34. The van der Waals surface area contributed by atoms with Gasteiger partial charge < -0.3 is 0 Å². The van der Waals surface area contributed by atoms with Crippen LogP contribution < -0.4 is 5.01 Å². The maximum absolute atomic E-state index is 6.17. The Balaban J connectivity index is 1.53. The number of hydrogen-bond acceptors (Lipinski definition) is 4. The van der Waals surface area contributed by atoms with Crippen molar-refractivity contribution >= 4 is 66.0 Å². The van der Waals surface area contributed by atoms with Gasteiger partial charge in [0, 0.05) is 31.3 Å². The average Bonchev–Trinajstić information content (AvgIpc) is 3.34. The smallest absolute Gasteiger partial charge is 0.223 e. The Labute approximate surface area is 230 Å². The van der Waals surface area contributed by atoms with Crippen LogP contribution in [0.1, 0.15) is 23.6 Å². The maximum atomic E-state index is 6.17. The topological polar surface area (TPSA) is 41.4 Å². The summed E-state index contributed by atoms with van der Waals surface area (Å²) in [4.78, 5) is 10.0. The molecule has 0 saturated heterocycles. The Morgan fingerprint density at radius 1 is 0.750 bits per heavy atom. The minimum atomic E-state index is -0.0456. The summed E-state index contributed by atoms with van der Waals surface area (Å²) in [7, 11) is 0. The zero-order chi connectivity index (χ0) is 24.6. The van der Waals surface area contributed by atoms with Crippen molar-refractivity contribution in [2.24, 2.45) is 5.10 Å². The van der Waals surface area contributed by atoms with Crippen LogP contribution in [-0.4, -0.2) is 15.7 Å². The molecule has 0 spiro atoms. The summed E-state index contributed by atoms with van der Waals surface area (Å²) in [6, 6.07) is 32.4. The highest BCUT2D eigenvalue weighted by Gasteiger charge is 2.32. The lowest BCUT2D eigenvalue weighted by atomic mass is 9.98. The second-order valence-corrected chi connectivity index (χ2v) is 10.8. The molecule has 4 nitrogen and oxygen atoms in total. The van der Waals surface area contributed by atoms with E-state index in [1.807, 2.05) is 65.7 Å². The average molecular weight is 619 g/mol. The molecule has 2 heterocycles. The molecule has 176 valence electrons. The van der Waals surface area contributed by atoms with Gasteiger partial charge in [0.2, 0.25) is 5.95 Å². The summed E-state index contributed by atoms with van der Waals surface area (Å²) in [5.41, 5.74) is 5.91. The predicted octanol–water partition coefficient (Wildman–Crippen LogP) is 8.83. The minimum absolute atomic E-state index is 0.0456. The van der Waals surface area contributed by atoms with Crippen molar-refractivity contribution in [3.8, 4) is 11.3 Å². The largest absolute Gasteiger partial charge is 0.247 e. The van der Waals surface area contributed by atoms with Crippen LogP contribution in [0.25, 0.3) is 22.2 Å². The van der Waals surface area contributed by atoms with E-state index in [9.17, 15) is 0 Å². The summed E-state index contributed by atoms with van der Waals surface area (Å²) in [6.07, 6.45) is 0.735. The quantitative estimate of drug-likeness (QED) is 0.202. The normalized spacial score (nSPS) is 15.4. The zero-order valence-electron chi connectivity index (χ0n) is 18.9. The third-order valence-corrected chi connectivity index (χ3v) is 7.45. The van der Waals surface area contributed by atoms with Crippen LogP contribution >= 0.6 is 43.5 Å². The maximum Gasteiger partial charge on any atom is 0.247 e. The molecule has 4 aromatic carbocycles. The Bertz CT molecular complexity index is 1620. The fraction of sp³-hybridized carbons (Fsp3) is 0.0690.